The molecule has 1 N–H and O–H groups in total. The third kappa shape index (κ3) is 6.13. The Morgan fingerprint density at radius 1 is 1.53 bits per heavy atom. The molecular formula is C12H16ClNO4S. The maximum absolute atomic E-state index is 11.7. The first-order valence-corrected chi connectivity index (χ1v) is 7.25. The standard InChI is InChI=1S/C12H16ClNO4S/c1-12(2,3)18-10(15)5-8-4-9(7-19(16)17)11(13)14-6-8/h4,6H,5,7H2,1-3H3,(H,16,17). The zero-order chi connectivity index (χ0) is 14.6. The monoisotopic (exact) mass is 305 g/mol. The molecule has 0 bridgehead atoms. The Morgan fingerprint density at radius 2 is 2.16 bits per heavy atom. The van der Waals surface area contributed by atoms with Gasteiger partial charge < -0.3 is 9.29 Å². The van der Waals surface area contributed by atoms with E-state index in [1.54, 1.807) is 26.8 Å². The van der Waals surface area contributed by atoms with Gasteiger partial charge in [0.1, 0.15) is 10.8 Å². The number of aromatic nitrogens is 1. The molecule has 0 aliphatic rings. The van der Waals surface area contributed by atoms with E-state index < -0.39 is 16.7 Å². The van der Waals surface area contributed by atoms with Gasteiger partial charge in [0, 0.05) is 11.8 Å². The third-order valence-electron chi connectivity index (χ3n) is 2.02. The van der Waals surface area contributed by atoms with Gasteiger partial charge in [0.05, 0.1) is 12.2 Å². The highest BCUT2D eigenvalue weighted by Gasteiger charge is 2.17. The van der Waals surface area contributed by atoms with Crippen molar-refractivity contribution in [3.8, 4) is 0 Å². The van der Waals surface area contributed by atoms with Gasteiger partial charge in [-0.3, -0.25) is 4.79 Å². The molecule has 1 unspecified atom stereocenters. The largest absolute Gasteiger partial charge is 0.460 e. The summed E-state index contributed by atoms with van der Waals surface area (Å²) in [5.74, 6) is -0.499. The van der Waals surface area contributed by atoms with Crippen LogP contribution in [0.2, 0.25) is 5.15 Å². The lowest BCUT2D eigenvalue weighted by Gasteiger charge is -2.19. The van der Waals surface area contributed by atoms with Crippen LogP contribution in [0.1, 0.15) is 31.9 Å². The van der Waals surface area contributed by atoms with Gasteiger partial charge in [0.2, 0.25) is 0 Å². The minimum Gasteiger partial charge on any atom is -0.460 e. The van der Waals surface area contributed by atoms with Crippen LogP contribution in [0.5, 0.6) is 0 Å². The van der Waals surface area contributed by atoms with E-state index in [9.17, 15) is 9.00 Å². The highest BCUT2D eigenvalue weighted by Crippen LogP contribution is 2.17. The molecule has 0 fully saturated rings. The van der Waals surface area contributed by atoms with Crippen LogP contribution < -0.4 is 0 Å². The molecule has 0 radical (unpaired) electrons. The zero-order valence-corrected chi connectivity index (χ0v) is 12.5. The van der Waals surface area contributed by atoms with Crippen molar-refractivity contribution in [1.82, 2.24) is 4.98 Å². The van der Waals surface area contributed by atoms with Crippen LogP contribution in [0.4, 0.5) is 0 Å². The van der Waals surface area contributed by atoms with Gasteiger partial charge in [-0.1, -0.05) is 11.6 Å². The Balaban J connectivity index is 2.79. The van der Waals surface area contributed by atoms with E-state index in [1.165, 1.54) is 6.20 Å². The number of rotatable bonds is 4. The molecule has 0 amide bonds. The molecule has 0 saturated heterocycles. The lowest BCUT2D eigenvalue weighted by atomic mass is 10.1. The summed E-state index contributed by atoms with van der Waals surface area (Å²) in [7, 11) is 0. The second kappa shape index (κ2) is 6.45. The molecule has 0 spiro atoms. The SMILES string of the molecule is CC(C)(C)OC(=O)Cc1cnc(Cl)c(CS(=O)O)c1. The fraction of sp³-hybridized carbons (Fsp3) is 0.500. The Bertz CT molecular complexity index is 499. The average molecular weight is 306 g/mol. The zero-order valence-electron chi connectivity index (χ0n) is 11.0. The first-order valence-electron chi connectivity index (χ1n) is 5.60. The van der Waals surface area contributed by atoms with Crippen LogP contribution >= 0.6 is 11.6 Å². The summed E-state index contributed by atoms with van der Waals surface area (Å²) < 4.78 is 24.8. The van der Waals surface area contributed by atoms with E-state index >= 15 is 0 Å². The first-order chi connectivity index (χ1) is 8.67. The highest BCUT2D eigenvalue weighted by molar-refractivity contribution is 7.78. The van der Waals surface area contributed by atoms with Gasteiger partial charge >= 0.3 is 5.97 Å². The molecule has 1 heterocycles. The molecule has 106 valence electrons. The molecule has 1 atom stereocenters. The Hall–Kier alpha value is -0.980. The summed E-state index contributed by atoms with van der Waals surface area (Å²) in [6, 6.07) is 1.59. The quantitative estimate of drug-likeness (QED) is 0.525. The molecule has 0 saturated carbocycles. The second-order valence-electron chi connectivity index (χ2n) is 5.02. The Kier molecular flexibility index (Phi) is 5.46. The van der Waals surface area contributed by atoms with Crippen molar-refractivity contribution in [3.63, 3.8) is 0 Å². The summed E-state index contributed by atoms with van der Waals surface area (Å²) in [5, 5.41) is 0.162. The summed E-state index contributed by atoms with van der Waals surface area (Å²) in [6.45, 7) is 5.35. The van der Waals surface area contributed by atoms with E-state index in [4.69, 9.17) is 20.9 Å². The molecular weight excluding hydrogens is 290 g/mol. The minimum absolute atomic E-state index is 0.0481. The predicted octanol–water partition coefficient (Wildman–Crippen LogP) is 2.34. The van der Waals surface area contributed by atoms with E-state index in [0.717, 1.165) is 0 Å². The number of carbonyl (C=O) groups excluding carboxylic acids is 1. The van der Waals surface area contributed by atoms with Crippen LogP contribution in [0.25, 0.3) is 0 Å². The topological polar surface area (TPSA) is 76.5 Å². The predicted molar refractivity (Wildman–Crippen MR) is 73.3 cm³/mol. The van der Waals surface area contributed by atoms with Crippen molar-refractivity contribution >= 4 is 28.7 Å². The number of nitrogens with zero attached hydrogens (tertiary/aromatic N) is 1. The van der Waals surface area contributed by atoms with Crippen LogP contribution in [0.3, 0.4) is 0 Å². The molecule has 1 aromatic heterocycles. The molecule has 0 aliphatic carbocycles. The van der Waals surface area contributed by atoms with Crippen molar-refractivity contribution in [2.45, 2.75) is 38.5 Å². The number of halogens is 1. The van der Waals surface area contributed by atoms with Crippen LogP contribution in [-0.4, -0.2) is 25.3 Å². The molecule has 0 aromatic carbocycles. The number of carbonyl (C=O) groups is 1. The number of hydrogen-bond acceptors (Lipinski definition) is 4. The van der Waals surface area contributed by atoms with Crippen molar-refractivity contribution in [2.24, 2.45) is 0 Å². The smallest absolute Gasteiger partial charge is 0.310 e. The Morgan fingerprint density at radius 3 is 2.68 bits per heavy atom. The fourth-order valence-corrected chi connectivity index (χ4v) is 2.15. The van der Waals surface area contributed by atoms with Crippen molar-refractivity contribution in [2.75, 3.05) is 0 Å². The van der Waals surface area contributed by atoms with Gasteiger partial charge in [-0.2, -0.15) is 0 Å². The minimum atomic E-state index is -2.00. The number of ether oxygens (including phenoxy) is 1. The maximum Gasteiger partial charge on any atom is 0.310 e. The molecule has 1 rings (SSSR count). The molecule has 7 heteroatoms. The van der Waals surface area contributed by atoms with Gasteiger partial charge in [-0.05, 0) is 32.4 Å². The summed E-state index contributed by atoms with van der Waals surface area (Å²) >= 11 is 3.81. The van der Waals surface area contributed by atoms with E-state index in [-0.39, 0.29) is 23.3 Å². The van der Waals surface area contributed by atoms with Crippen molar-refractivity contribution in [3.05, 3.63) is 28.5 Å². The maximum atomic E-state index is 11.7. The van der Waals surface area contributed by atoms with E-state index in [1.807, 2.05) is 0 Å². The number of hydrogen-bond donors (Lipinski definition) is 1. The van der Waals surface area contributed by atoms with Gasteiger partial charge in [0.15, 0.2) is 11.1 Å². The average Bonchev–Trinajstić information content (AvgIpc) is 2.19. The Labute approximate surface area is 119 Å². The summed E-state index contributed by atoms with van der Waals surface area (Å²) in [4.78, 5) is 15.5. The molecule has 5 nitrogen and oxygen atoms in total. The molecule has 1 aromatic rings. The van der Waals surface area contributed by atoms with Crippen LogP contribution in [0, 0.1) is 0 Å². The second-order valence-corrected chi connectivity index (χ2v) is 6.31. The molecule has 19 heavy (non-hydrogen) atoms. The normalized spacial score (nSPS) is 13.1. The van der Waals surface area contributed by atoms with Crippen LogP contribution in [0.15, 0.2) is 12.3 Å². The van der Waals surface area contributed by atoms with Gasteiger partial charge in [-0.15, -0.1) is 0 Å². The summed E-state index contributed by atoms with van der Waals surface area (Å²) in [5.41, 5.74) is 0.481. The molecule has 0 aliphatic heterocycles. The van der Waals surface area contributed by atoms with E-state index in [0.29, 0.717) is 11.1 Å². The highest BCUT2D eigenvalue weighted by atomic mass is 35.5. The number of pyridine rings is 1. The lowest BCUT2D eigenvalue weighted by molar-refractivity contribution is -0.153. The van der Waals surface area contributed by atoms with Gasteiger partial charge in [0.25, 0.3) is 0 Å². The van der Waals surface area contributed by atoms with Crippen LogP contribution in [-0.2, 0) is 32.8 Å². The fourth-order valence-electron chi connectivity index (χ4n) is 1.42. The number of esters is 1. The van der Waals surface area contributed by atoms with Crippen molar-refractivity contribution in [1.29, 1.82) is 0 Å². The lowest BCUT2D eigenvalue weighted by Crippen LogP contribution is -2.25. The van der Waals surface area contributed by atoms with E-state index in [2.05, 4.69) is 4.98 Å². The first kappa shape index (κ1) is 16.1. The summed E-state index contributed by atoms with van der Waals surface area (Å²) in [6.07, 6.45) is 1.50. The van der Waals surface area contributed by atoms with Gasteiger partial charge in [-0.25, -0.2) is 9.19 Å². The third-order valence-corrected chi connectivity index (χ3v) is 2.91. The van der Waals surface area contributed by atoms with Crippen molar-refractivity contribution < 1.29 is 18.3 Å².